The van der Waals surface area contributed by atoms with Crippen LogP contribution in [0.15, 0.2) is 43.0 Å². The van der Waals surface area contributed by atoms with Crippen LogP contribution in [0.25, 0.3) is 0 Å². The van der Waals surface area contributed by atoms with Crippen LogP contribution in [-0.4, -0.2) is 45.5 Å². The summed E-state index contributed by atoms with van der Waals surface area (Å²) in [6.45, 7) is 4.40. The SMILES string of the molecule is CC(=O)N1CCC[C@H](NCCCn2ccnc2)[C@@H]1Cc1cccc(Cl)c1. The number of benzene rings is 1. The number of nitrogens with one attached hydrogen (secondary N) is 1. The largest absolute Gasteiger partial charge is 0.338 e. The van der Waals surface area contributed by atoms with Gasteiger partial charge < -0.3 is 14.8 Å². The zero-order chi connectivity index (χ0) is 18.4. The summed E-state index contributed by atoms with van der Waals surface area (Å²) in [7, 11) is 0. The van der Waals surface area contributed by atoms with E-state index in [9.17, 15) is 4.79 Å². The number of likely N-dealkylation sites (tertiary alicyclic amines) is 1. The monoisotopic (exact) mass is 374 g/mol. The van der Waals surface area contributed by atoms with Crippen molar-refractivity contribution >= 4 is 17.5 Å². The highest BCUT2D eigenvalue weighted by atomic mass is 35.5. The lowest BCUT2D eigenvalue weighted by molar-refractivity contribution is -0.133. The second-order valence-corrected chi connectivity index (χ2v) is 7.41. The van der Waals surface area contributed by atoms with Crippen molar-refractivity contribution in [1.29, 1.82) is 0 Å². The van der Waals surface area contributed by atoms with Crippen molar-refractivity contribution < 1.29 is 4.79 Å². The van der Waals surface area contributed by atoms with E-state index in [4.69, 9.17) is 11.6 Å². The Morgan fingerprint density at radius 1 is 1.42 bits per heavy atom. The normalized spacial score (nSPS) is 20.3. The number of hydrogen-bond acceptors (Lipinski definition) is 3. The van der Waals surface area contributed by atoms with Crippen molar-refractivity contribution in [3.8, 4) is 0 Å². The van der Waals surface area contributed by atoms with Gasteiger partial charge in [0.25, 0.3) is 0 Å². The van der Waals surface area contributed by atoms with Gasteiger partial charge in [-0.1, -0.05) is 23.7 Å². The van der Waals surface area contributed by atoms with Crippen molar-refractivity contribution in [1.82, 2.24) is 19.8 Å². The third kappa shape index (κ3) is 5.08. The fourth-order valence-electron chi connectivity index (χ4n) is 3.81. The van der Waals surface area contributed by atoms with Gasteiger partial charge in [0.05, 0.1) is 12.4 Å². The van der Waals surface area contributed by atoms with Gasteiger partial charge in [-0.3, -0.25) is 4.79 Å². The molecule has 0 unspecified atom stereocenters. The van der Waals surface area contributed by atoms with Crippen LogP contribution in [0.3, 0.4) is 0 Å². The smallest absolute Gasteiger partial charge is 0.219 e. The number of nitrogens with zero attached hydrogens (tertiary/aromatic N) is 3. The zero-order valence-corrected chi connectivity index (χ0v) is 16.0. The molecule has 1 saturated heterocycles. The second kappa shape index (κ2) is 9.19. The molecule has 0 saturated carbocycles. The quantitative estimate of drug-likeness (QED) is 0.757. The Labute approximate surface area is 160 Å². The first-order valence-corrected chi connectivity index (χ1v) is 9.72. The van der Waals surface area contributed by atoms with Crippen molar-refractivity contribution in [3.63, 3.8) is 0 Å². The number of hydrogen-bond donors (Lipinski definition) is 1. The molecule has 2 heterocycles. The van der Waals surface area contributed by atoms with Crippen LogP contribution in [0, 0.1) is 0 Å². The molecule has 3 rings (SSSR count). The molecule has 26 heavy (non-hydrogen) atoms. The van der Waals surface area contributed by atoms with Gasteiger partial charge in [-0.15, -0.1) is 0 Å². The van der Waals surface area contributed by atoms with E-state index in [0.717, 1.165) is 50.3 Å². The molecule has 1 aliphatic heterocycles. The summed E-state index contributed by atoms with van der Waals surface area (Å²) in [4.78, 5) is 18.3. The Balaban J connectivity index is 1.61. The molecule has 0 spiro atoms. The van der Waals surface area contributed by atoms with E-state index in [1.807, 2.05) is 35.6 Å². The number of carbonyl (C=O) groups is 1. The standard InChI is InChI=1S/C20H27ClN4O/c1-16(26)25-11-3-7-19(23-8-4-10-24-12-9-22-15-24)20(25)14-17-5-2-6-18(21)13-17/h2,5-6,9,12-13,15,19-20,23H,3-4,7-8,10-11,14H2,1H3/t19-,20-/m0/s1. The third-order valence-corrected chi connectivity index (χ3v) is 5.31. The first kappa shape index (κ1) is 18.9. The van der Waals surface area contributed by atoms with Crippen molar-refractivity contribution in [2.45, 2.75) is 51.2 Å². The van der Waals surface area contributed by atoms with Gasteiger partial charge in [-0.2, -0.15) is 0 Å². The lowest BCUT2D eigenvalue weighted by atomic mass is 9.90. The highest BCUT2D eigenvalue weighted by Gasteiger charge is 2.32. The molecule has 0 bridgehead atoms. The first-order valence-electron chi connectivity index (χ1n) is 9.34. The van der Waals surface area contributed by atoms with Gasteiger partial charge in [-0.05, 0) is 49.9 Å². The molecule has 1 fully saturated rings. The van der Waals surface area contributed by atoms with Crippen LogP contribution in [0.2, 0.25) is 5.02 Å². The van der Waals surface area contributed by atoms with Gasteiger partial charge in [0.1, 0.15) is 0 Å². The van der Waals surface area contributed by atoms with E-state index >= 15 is 0 Å². The highest BCUT2D eigenvalue weighted by molar-refractivity contribution is 6.30. The van der Waals surface area contributed by atoms with E-state index in [1.54, 1.807) is 13.1 Å². The topological polar surface area (TPSA) is 50.2 Å². The van der Waals surface area contributed by atoms with E-state index < -0.39 is 0 Å². The number of halogens is 1. The summed E-state index contributed by atoms with van der Waals surface area (Å²) in [6, 6.07) is 8.45. The summed E-state index contributed by atoms with van der Waals surface area (Å²) < 4.78 is 2.09. The van der Waals surface area contributed by atoms with Crippen LogP contribution in [0.5, 0.6) is 0 Å². The van der Waals surface area contributed by atoms with Gasteiger partial charge in [0.15, 0.2) is 0 Å². The van der Waals surface area contributed by atoms with E-state index in [2.05, 4.69) is 20.9 Å². The molecular weight excluding hydrogens is 348 g/mol. The maximum atomic E-state index is 12.2. The molecule has 1 amide bonds. The van der Waals surface area contributed by atoms with Gasteiger partial charge in [0, 0.05) is 43.5 Å². The molecule has 0 radical (unpaired) electrons. The van der Waals surface area contributed by atoms with E-state index in [-0.39, 0.29) is 11.9 Å². The molecule has 1 N–H and O–H groups in total. The predicted octanol–water partition coefficient (Wildman–Crippen LogP) is 3.14. The second-order valence-electron chi connectivity index (χ2n) is 6.97. The maximum Gasteiger partial charge on any atom is 0.219 e. The van der Waals surface area contributed by atoms with Gasteiger partial charge >= 0.3 is 0 Å². The van der Waals surface area contributed by atoms with E-state index in [0.29, 0.717) is 6.04 Å². The molecule has 1 aromatic heterocycles. The van der Waals surface area contributed by atoms with Crippen LogP contribution in [-0.2, 0) is 17.8 Å². The molecule has 2 atom stereocenters. The lowest BCUT2D eigenvalue weighted by Crippen LogP contribution is -2.56. The number of carbonyl (C=O) groups excluding carboxylic acids is 1. The Morgan fingerprint density at radius 2 is 2.31 bits per heavy atom. The summed E-state index contributed by atoms with van der Waals surface area (Å²) in [5, 5.41) is 4.44. The van der Waals surface area contributed by atoms with Crippen LogP contribution in [0.4, 0.5) is 0 Å². The fraction of sp³-hybridized carbons (Fsp3) is 0.500. The molecule has 0 aliphatic carbocycles. The fourth-order valence-corrected chi connectivity index (χ4v) is 4.02. The maximum absolute atomic E-state index is 12.2. The number of aryl methyl sites for hydroxylation is 1. The van der Waals surface area contributed by atoms with Crippen molar-refractivity contribution in [2.24, 2.45) is 0 Å². The van der Waals surface area contributed by atoms with Crippen molar-refractivity contribution in [2.75, 3.05) is 13.1 Å². The van der Waals surface area contributed by atoms with Crippen LogP contribution in [0.1, 0.15) is 31.7 Å². The molecule has 140 valence electrons. The van der Waals surface area contributed by atoms with Gasteiger partial charge in [-0.25, -0.2) is 4.98 Å². The Kier molecular flexibility index (Phi) is 6.69. The average Bonchev–Trinajstić information content (AvgIpc) is 3.13. The Morgan fingerprint density at radius 3 is 3.04 bits per heavy atom. The number of rotatable bonds is 7. The van der Waals surface area contributed by atoms with Gasteiger partial charge in [0.2, 0.25) is 5.91 Å². The average molecular weight is 375 g/mol. The Hall–Kier alpha value is -1.85. The molecule has 5 nitrogen and oxygen atoms in total. The predicted molar refractivity (Wildman–Crippen MR) is 104 cm³/mol. The molecule has 1 aliphatic rings. The number of aromatic nitrogens is 2. The summed E-state index contributed by atoms with van der Waals surface area (Å²) in [5.74, 6) is 0.155. The molecular formula is C20H27ClN4O. The number of amides is 1. The minimum Gasteiger partial charge on any atom is -0.338 e. The number of piperidine rings is 1. The molecule has 1 aromatic carbocycles. The summed E-state index contributed by atoms with van der Waals surface area (Å²) in [5.41, 5.74) is 1.18. The summed E-state index contributed by atoms with van der Waals surface area (Å²) in [6.07, 6.45) is 9.65. The first-order chi connectivity index (χ1) is 12.6. The third-order valence-electron chi connectivity index (χ3n) is 5.08. The summed E-state index contributed by atoms with van der Waals surface area (Å²) >= 11 is 6.15. The lowest BCUT2D eigenvalue weighted by Gasteiger charge is -2.41. The molecule has 2 aromatic rings. The Bertz CT molecular complexity index is 704. The van der Waals surface area contributed by atoms with Crippen molar-refractivity contribution in [3.05, 3.63) is 53.6 Å². The van der Waals surface area contributed by atoms with E-state index in [1.165, 1.54) is 5.56 Å². The van der Waals surface area contributed by atoms with Crippen LogP contribution < -0.4 is 5.32 Å². The minimum absolute atomic E-state index is 0.155. The van der Waals surface area contributed by atoms with Crippen LogP contribution >= 0.6 is 11.6 Å². The minimum atomic E-state index is 0.155. The highest BCUT2D eigenvalue weighted by Crippen LogP contribution is 2.23. The molecule has 6 heteroatoms. The zero-order valence-electron chi connectivity index (χ0n) is 15.3. The number of imidazole rings is 1.